The van der Waals surface area contributed by atoms with Gasteiger partial charge in [-0.2, -0.15) is 0 Å². The van der Waals surface area contributed by atoms with E-state index >= 15 is 0 Å². The second-order valence-corrected chi connectivity index (χ2v) is 5.38. The molecular formula is C15H23NO4. The minimum Gasteiger partial charge on any atom is -0.490 e. The molecule has 5 heteroatoms. The van der Waals surface area contributed by atoms with Crippen molar-refractivity contribution in [2.45, 2.75) is 12.5 Å². The molecule has 0 unspecified atom stereocenters. The van der Waals surface area contributed by atoms with E-state index in [2.05, 4.69) is 0 Å². The van der Waals surface area contributed by atoms with Crippen molar-refractivity contribution in [3.05, 3.63) is 29.8 Å². The van der Waals surface area contributed by atoms with Crippen LogP contribution in [0.1, 0.15) is 5.56 Å². The molecule has 0 bridgehead atoms. The third kappa shape index (κ3) is 4.45. The lowest BCUT2D eigenvalue weighted by atomic mass is 10.1. The van der Waals surface area contributed by atoms with E-state index in [9.17, 15) is 5.11 Å². The van der Waals surface area contributed by atoms with E-state index in [0.717, 1.165) is 5.75 Å². The van der Waals surface area contributed by atoms with Crippen LogP contribution in [0, 0.1) is 6.92 Å². The first kappa shape index (κ1) is 15.3. The Kier molecular flexibility index (Phi) is 5.37. The van der Waals surface area contributed by atoms with Gasteiger partial charge in [0.25, 0.3) is 0 Å². The SMILES string of the molecule is Cc1ccc(OC[C@]2(O)COCCN(CCO)C2)cc1. The highest BCUT2D eigenvalue weighted by Crippen LogP contribution is 2.17. The molecule has 1 heterocycles. The smallest absolute Gasteiger partial charge is 0.134 e. The molecule has 1 aromatic carbocycles. The van der Waals surface area contributed by atoms with E-state index in [-0.39, 0.29) is 19.8 Å². The molecule has 0 spiro atoms. The summed E-state index contributed by atoms with van der Waals surface area (Å²) < 4.78 is 11.1. The molecule has 112 valence electrons. The maximum Gasteiger partial charge on any atom is 0.134 e. The summed E-state index contributed by atoms with van der Waals surface area (Å²) in [7, 11) is 0. The van der Waals surface area contributed by atoms with Crippen LogP contribution in [0.15, 0.2) is 24.3 Å². The molecule has 1 saturated heterocycles. The molecule has 20 heavy (non-hydrogen) atoms. The standard InChI is InChI=1S/C15H23NO4/c1-13-2-4-14(5-3-13)20-12-15(18)10-16(6-8-17)7-9-19-11-15/h2-5,17-18H,6-12H2,1H3/t15-/m1/s1. The number of aryl methyl sites for hydroxylation is 1. The fourth-order valence-corrected chi connectivity index (χ4v) is 2.27. The van der Waals surface area contributed by atoms with Crippen molar-refractivity contribution in [3.8, 4) is 5.75 Å². The van der Waals surface area contributed by atoms with E-state index in [1.54, 1.807) is 0 Å². The van der Waals surface area contributed by atoms with Crippen LogP contribution in [0.2, 0.25) is 0 Å². The first-order valence-electron chi connectivity index (χ1n) is 6.94. The minimum absolute atomic E-state index is 0.0783. The summed E-state index contributed by atoms with van der Waals surface area (Å²) in [6.07, 6.45) is 0. The monoisotopic (exact) mass is 281 g/mol. The van der Waals surface area contributed by atoms with Crippen LogP contribution in [0.3, 0.4) is 0 Å². The minimum atomic E-state index is -1.05. The van der Waals surface area contributed by atoms with Crippen molar-refractivity contribution in [1.29, 1.82) is 0 Å². The Bertz CT molecular complexity index is 409. The zero-order valence-corrected chi connectivity index (χ0v) is 11.9. The summed E-state index contributed by atoms with van der Waals surface area (Å²) in [6.45, 7) is 4.78. The predicted molar refractivity (Wildman–Crippen MR) is 76.0 cm³/mol. The van der Waals surface area contributed by atoms with E-state index in [0.29, 0.717) is 26.2 Å². The van der Waals surface area contributed by atoms with Gasteiger partial charge in [-0.15, -0.1) is 0 Å². The molecule has 5 nitrogen and oxygen atoms in total. The molecule has 1 aliphatic rings. The van der Waals surface area contributed by atoms with Gasteiger partial charge < -0.3 is 19.7 Å². The van der Waals surface area contributed by atoms with Crippen molar-refractivity contribution in [1.82, 2.24) is 4.90 Å². The van der Waals surface area contributed by atoms with Crippen LogP contribution in [0.25, 0.3) is 0 Å². The van der Waals surface area contributed by atoms with Crippen LogP contribution in [-0.2, 0) is 4.74 Å². The number of ether oxygens (including phenoxy) is 2. The number of rotatable bonds is 5. The molecule has 1 atom stereocenters. The van der Waals surface area contributed by atoms with Crippen molar-refractivity contribution in [2.24, 2.45) is 0 Å². The van der Waals surface area contributed by atoms with Gasteiger partial charge >= 0.3 is 0 Å². The molecule has 0 radical (unpaired) electrons. The summed E-state index contributed by atoms with van der Waals surface area (Å²) in [5.41, 5.74) is 0.124. The highest BCUT2D eigenvalue weighted by Gasteiger charge is 2.33. The second-order valence-electron chi connectivity index (χ2n) is 5.38. The third-order valence-corrected chi connectivity index (χ3v) is 3.39. The van der Waals surface area contributed by atoms with Crippen molar-refractivity contribution >= 4 is 0 Å². The molecule has 2 N–H and O–H groups in total. The summed E-state index contributed by atoms with van der Waals surface area (Å²) in [5, 5.41) is 19.6. The highest BCUT2D eigenvalue weighted by molar-refractivity contribution is 5.26. The Morgan fingerprint density at radius 2 is 2.10 bits per heavy atom. The lowest BCUT2D eigenvalue weighted by molar-refractivity contribution is -0.0647. The number of aliphatic hydroxyl groups excluding tert-OH is 1. The van der Waals surface area contributed by atoms with Crippen molar-refractivity contribution < 1.29 is 19.7 Å². The van der Waals surface area contributed by atoms with Crippen molar-refractivity contribution in [2.75, 3.05) is 46.1 Å². The van der Waals surface area contributed by atoms with Gasteiger partial charge in [-0.25, -0.2) is 0 Å². The van der Waals surface area contributed by atoms with Crippen LogP contribution in [-0.4, -0.2) is 66.8 Å². The maximum absolute atomic E-state index is 10.6. The quantitative estimate of drug-likeness (QED) is 0.819. The van der Waals surface area contributed by atoms with Gasteiger partial charge in [-0.3, -0.25) is 4.90 Å². The zero-order valence-electron chi connectivity index (χ0n) is 11.9. The molecule has 2 rings (SSSR count). The first-order valence-corrected chi connectivity index (χ1v) is 6.94. The third-order valence-electron chi connectivity index (χ3n) is 3.39. The van der Waals surface area contributed by atoms with E-state index < -0.39 is 5.60 Å². The maximum atomic E-state index is 10.6. The van der Waals surface area contributed by atoms with Crippen LogP contribution < -0.4 is 4.74 Å². The largest absolute Gasteiger partial charge is 0.490 e. The van der Waals surface area contributed by atoms with Gasteiger partial charge in [0.1, 0.15) is 18.0 Å². The van der Waals surface area contributed by atoms with Crippen LogP contribution >= 0.6 is 0 Å². The molecular weight excluding hydrogens is 258 g/mol. The summed E-state index contributed by atoms with van der Waals surface area (Å²) in [5.74, 6) is 0.738. The molecule has 1 aromatic rings. The van der Waals surface area contributed by atoms with Gasteiger partial charge in [-0.1, -0.05) is 17.7 Å². The first-order chi connectivity index (χ1) is 9.61. The topological polar surface area (TPSA) is 62.2 Å². The molecule has 0 aliphatic carbocycles. The number of benzene rings is 1. The van der Waals surface area contributed by atoms with E-state index in [4.69, 9.17) is 14.6 Å². The van der Waals surface area contributed by atoms with E-state index in [1.165, 1.54) is 5.56 Å². The number of hydrogen-bond acceptors (Lipinski definition) is 5. The molecule has 0 amide bonds. The lowest BCUT2D eigenvalue weighted by Gasteiger charge is -2.30. The fraction of sp³-hybridized carbons (Fsp3) is 0.600. The van der Waals surface area contributed by atoms with Crippen molar-refractivity contribution in [3.63, 3.8) is 0 Å². The highest BCUT2D eigenvalue weighted by atomic mass is 16.5. The number of hydrogen-bond donors (Lipinski definition) is 2. The number of β-amino-alcohol motifs (C(OH)–C–C–N with tert-alkyl or cyclic N) is 2. The Hall–Kier alpha value is -1.14. The summed E-state index contributed by atoms with van der Waals surface area (Å²) in [6, 6.07) is 7.73. The van der Waals surface area contributed by atoms with Gasteiger partial charge in [-0.05, 0) is 19.1 Å². The average Bonchev–Trinajstić information content (AvgIpc) is 2.61. The van der Waals surface area contributed by atoms with Gasteiger partial charge in [0.15, 0.2) is 0 Å². The predicted octanol–water partition coefficient (Wildman–Crippen LogP) is 0.429. The Morgan fingerprint density at radius 3 is 2.80 bits per heavy atom. The van der Waals surface area contributed by atoms with Gasteiger partial charge in [0.05, 0.1) is 19.8 Å². The number of aliphatic hydroxyl groups is 2. The Labute approximate surface area is 119 Å². The summed E-state index contributed by atoms with van der Waals surface area (Å²) in [4.78, 5) is 1.99. The second kappa shape index (κ2) is 7.04. The molecule has 0 aromatic heterocycles. The average molecular weight is 281 g/mol. The molecule has 1 fully saturated rings. The zero-order chi connectivity index (χ0) is 14.4. The van der Waals surface area contributed by atoms with E-state index in [1.807, 2.05) is 36.1 Å². The van der Waals surface area contributed by atoms with Gasteiger partial charge in [0, 0.05) is 19.6 Å². The van der Waals surface area contributed by atoms with Gasteiger partial charge in [0.2, 0.25) is 0 Å². The lowest BCUT2D eigenvalue weighted by Crippen LogP contribution is -2.49. The summed E-state index contributed by atoms with van der Waals surface area (Å²) >= 11 is 0. The Morgan fingerprint density at radius 1 is 1.35 bits per heavy atom. The fourth-order valence-electron chi connectivity index (χ4n) is 2.27. The molecule has 0 saturated carbocycles. The normalized spacial score (nSPS) is 24.4. The Balaban J connectivity index is 1.92. The van der Waals surface area contributed by atoms with Crippen LogP contribution in [0.4, 0.5) is 0 Å². The van der Waals surface area contributed by atoms with Crippen LogP contribution in [0.5, 0.6) is 5.75 Å². The molecule has 1 aliphatic heterocycles. The number of nitrogens with zero attached hydrogens (tertiary/aromatic N) is 1.